The van der Waals surface area contributed by atoms with Crippen LogP contribution in [-0.4, -0.2) is 39.0 Å². The summed E-state index contributed by atoms with van der Waals surface area (Å²) in [5.41, 5.74) is 1.14. The molecule has 1 N–H and O–H groups in total. The van der Waals surface area contributed by atoms with E-state index in [2.05, 4.69) is 24.4 Å². The Kier molecular flexibility index (Phi) is 6.38. The normalized spacial score (nSPS) is 11.8. The Morgan fingerprint density at radius 2 is 1.78 bits per heavy atom. The van der Waals surface area contributed by atoms with Crippen LogP contribution in [0.5, 0.6) is 5.75 Å². The number of carbonyl (C=O) groups excluding carboxylic acids is 1. The van der Waals surface area contributed by atoms with Crippen LogP contribution in [0.2, 0.25) is 19.6 Å². The van der Waals surface area contributed by atoms with E-state index < -0.39 is 20.3 Å². The molecule has 0 unspecified atom stereocenters. The molecule has 0 aromatic heterocycles. The molecule has 7 heteroatoms. The molecule has 1 aromatic carbocycles. The van der Waals surface area contributed by atoms with Crippen LogP contribution in [0.4, 0.5) is 5.69 Å². The number of rotatable bonds is 7. The van der Waals surface area contributed by atoms with Crippen LogP contribution in [0.15, 0.2) is 36.0 Å². The molecule has 0 fully saturated rings. The van der Waals surface area contributed by atoms with Gasteiger partial charge in [0.2, 0.25) is 8.32 Å². The van der Waals surface area contributed by atoms with Gasteiger partial charge in [-0.2, -0.15) is 0 Å². The highest BCUT2D eigenvalue weighted by atomic mass is 28.4. The van der Waals surface area contributed by atoms with E-state index in [0.717, 1.165) is 5.75 Å². The Labute approximate surface area is 137 Å². The van der Waals surface area contributed by atoms with Crippen molar-refractivity contribution >= 4 is 25.9 Å². The number of allylic oxidation sites excluding steroid dienone is 1. The maximum Gasteiger partial charge on any atom is 0.332 e. The lowest BCUT2D eigenvalue weighted by molar-refractivity contribution is -0.136. The van der Waals surface area contributed by atoms with E-state index >= 15 is 0 Å². The van der Waals surface area contributed by atoms with Crippen molar-refractivity contribution in [1.82, 2.24) is 0 Å². The molecule has 1 aromatic rings. The van der Waals surface area contributed by atoms with Crippen molar-refractivity contribution in [3.8, 4) is 5.75 Å². The van der Waals surface area contributed by atoms with E-state index in [1.807, 2.05) is 0 Å². The molecule has 0 spiro atoms. The van der Waals surface area contributed by atoms with Gasteiger partial charge in [0.05, 0.1) is 7.11 Å². The van der Waals surface area contributed by atoms with E-state index in [9.17, 15) is 9.59 Å². The second-order valence-electron chi connectivity index (χ2n) is 6.00. The lowest BCUT2D eigenvalue weighted by Gasteiger charge is -2.24. The molecule has 0 atom stereocenters. The van der Waals surface area contributed by atoms with Gasteiger partial charge in [0.25, 0.3) is 0 Å². The van der Waals surface area contributed by atoms with E-state index in [1.165, 1.54) is 18.1 Å². The summed E-state index contributed by atoms with van der Waals surface area (Å²) in [5, 5.41) is 9.09. The predicted molar refractivity (Wildman–Crippen MR) is 91.2 cm³/mol. The molecule has 0 saturated carbocycles. The first-order chi connectivity index (χ1) is 10.6. The molecular weight excluding hydrogens is 314 g/mol. The molecule has 0 aliphatic rings. The molecule has 0 heterocycles. The largest absolute Gasteiger partial charge is 0.544 e. The zero-order valence-electron chi connectivity index (χ0n) is 14.1. The van der Waals surface area contributed by atoms with E-state index in [-0.39, 0.29) is 6.54 Å². The maximum absolute atomic E-state index is 11.4. The monoisotopic (exact) mass is 337 g/mol. The minimum Gasteiger partial charge on any atom is -0.544 e. The van der Waals surface area contributed by atoms with Crippen molar-refractivity contribution in [2.45, 2.75) is 26.6 Å². The minimum absolute atomic E-state index is 0.256. The summed E-state index contributed by atoms with van der Waals surface area (Å²) in [5.74, 6) is -0.778. The summed E-state index contributed by atoms with van der Waals surface area (Å²) >= 11 is 0. The third kappa shape index (κ3) is 6.56. The number of esters is 1. The average Bonchev–Trinajstić information content (AvgIpc) is 2.43. The van der Waals surface area contributed by atoms with Gasteiger partial charge >= 0.3 is 11.9 Å². The van der Waals surface area contributed by atoms with Crippen molar-refractivity contribution in [2.24, 2.45) is 0 Å². The fourth-order valence-corrected chi connectivity index (χ4v) is 2.75. The van der Waals surface area contributed by atoms with Crippen LogP contribution in [0, 0.1) is 0 Å². The molecule has 0 bridgehead atoms. The molecule has 0 saturated heterocycles. The maximum atomic E-state index is 11.4. The number of carbonyl (C=O) groups is 2. The second kappa shape index (κ2) is 7.82. The van der Waals surface area contributed by atoms with Gasteiger partial charge in [-0.15, -0.1) is 0 Å². The highest BCUT2D eigenvalue weighted by molar-refractivity contribution is 6.70. The number of benzene rings is 1. The average molecular weight is 337 g/mol. The smallest absolute Gasteiger partial charge is 0.332 e. The molecule has 0 aliphatic heterocycles. The van der Waals surface area contributed by atoms with Gasteiger partial charge < -0.3 is 19.2 Å². The summed E-state index contributed by atoms with van der Waals surface area (Å²) in [6.07, 6.45) is 1.26. The Hall–Kier alpha value is -2.28. The topological polar surface area (TPSA) is 76.1 Å². The van der Waals surface area contributed by atoms with Gasteiger partial charge in [-0.3, -0.25) is 4.79 Å². The number of aliphatic carboxylic acids is 1. The molecule has 23 heavy (non-hydrogen) atoms. The van der Waals surface area contributed by atoms with Crippen molar-refractivity contribution < 1.29 is 23.9 Å². The van der Waals surface area contributed by atoms with Gasteiger partial charge in [-0.1, -0.05) is 0 Å². The van der Waals surface area contributed by atoms with Gasteiger partial charge in [-0.25, -0.2) is 4.79 Å². The number of ether oxygens (including phenoxy) is 1. The Balaban J connectivity index is 3.06. The van der Waals surface area contributed by atoms with Crippen LogP contribution in [0.1, 0.15) is 6.92 Å². The van der Waals surface area contributed by atoms with E-state index in [1.54, 1.807) is 31.2 Å². The lowest BCUT2D eigenvalue weighted by atomic mass is 10.2. The quantitative estimate of drug-likeness (QED) is 0.468. The first kappa shape index (κ1) is 18.8. The Morgan fingerprint density at radius 3 is 2.22 bits per heavy atom. The van der Waals surface area contributed by atoms with Crippen LogP contribution < -0.4 is 9.33 Å². The fourth-order valence-electron chi connectivity index (χ4n) is 1.91. The fraction of sp³-hybridized carbons (Fsp3) is 0.375. The molecule has 126 valence electrons. The van der Waals surface area contributed by atoms with Gasteiger partial charge in [0.15, 0.2) is 0 Å². The molecule has 0 radical (unpaired) electrons. The zero-order valence-corrected chi connectivity index (χ0v) is 15.1. The van der Waals surface area contributed by atoms with Crippen LogP contribution >= 0.6 is 0 Å². The summed E-state index contributed by atoms with van der Waals surface area (Å²) in [6.45, 7) is 7.66. The van der Waals surface area contributed by atoms with Gasteiger partial charge in [0, 0.05) is 17.5 Å². The highest BCUT2D eigenvalue weighted by Crippen LogP contribution is 2.24. The SMILES string of the molecule is COC(=O)/C=C(\C)N(CC(=O)O)c1ccc(O[Si](C)(C)C)cc1. The van der Waals surface area contributed by atoms with Gasteiger partial charge in [0.1, 0.15) is 12.3 Å². The number of carboxylic acid groups (broad SMARTS) is 1. The summed E-state index contributed by atoms with van der Waals surface area (Å²) in [7, 11) is -0.424. The second-order valence-corrected chi connectivity index (χ2v) is 10.4. The third-order valence-electron chi connectivity index (χ3n) is 2.82. The Bertz CT molecular complexity index is 589. The molecular formula is C16H23NO5Si. The predicted octanol–water partition coefficient (Wildman–Crippen LogP) is 2.87. The summed E-state index contributed by atoms with van der Waals surface area (Å²) < 4.78 is 10.5. The lowest BCUT2D eigenvalue weighted by Crippen LogP contribution is -2.30. The Morgan fingerprint density at radius 1 is 1.22 bits per heavy atom. The molecule has 0 amide bonds. The third-order valence-corrected chi connectivity index (χ3v) is 3.67. The number of methoxy groups -OCH3 is 1. The highest BCUT2D eigenvalue weighted by Gasteiger charge is 2.17. The first-order valence-corrected chi connectivity index (χ1v) is 10.6. The van der Waals surface area contributed by atoms with E-state index in [0.29, 0.717) is 11.4 Å². The van der Waals surface area contributed by atoms with Crippen molar-refractivity contribution in [3.63, 3.8) is 0 Å². The van der Waals surface area contributed by atoms with Crippen molar-refractivity contribution in [1.29, 1.82) is 0 Å². The number of nitrogens with zero attached hydrogens (tertiary/aromatic N) is 1. The number of anilines is 1. The minimum atomic E-state index is -1.70. The zero-order chi connectivity index (χ0) is 17.6. The number of carboxylic acids is 1. The van der Waals surface area contributed by atoms with E-state index in [4.69, 9.17) is 9.53 Å². The van der Waals surface area contributed by atoms with Crippen molar-refractivity contribution in [3.05, 3.63) is 36.0 Å². The molecule has 0 aliphatic carbocycles. The van der Waals surface area contributed by atoms with Crippen LogP contribution in [-0.2, 0) is 14.3 Å². The molecule has 6 nitrogen and oxygen atoms in total. The van der Waals surface area contributed by atoms with Crippen LogP contribution in [0.3, 0.4) is 0 Å². The van der Waals surface area contributed by atoms with Crippen LogP contribution in [0.25, 0.3) is 0 Å². The summed E-state index contributed by atoms with van der Waals surface area (Å²) in [4.78, 5) is 24.0. The summed E-state index contributed by atoms with van der Waals surface area (Å²) in [6, 6.07) is 7.14. The van der Waals surface area contributed by atoms with Crippen molar-refractivity contribution in [2.75, 3.05) is 18.6 Å². The van der Waals surface area contributed by atoms with Gasteiger partial charge in [-0.05, 0) is 50.8 Å². The number of hydrogen-bond donors (Lipinski definition) is 1. The first-order valence-electron chi connectivity index (χ1n) is 7.17. The molecule has 1 rings (SSSR count). The number of hydrogen-bond acceptors (Lipinski definition) is 5. The standard InChI is InChI=1S/C16H23NO5Si/c1-12(10-16(20)21-2)17(11-15(18)19)13-6-8-14(9-7-13)22-23(3,4)5/h6-10H,11H2,1-5H3,(H,18,19)/b12-10+.